The van der Waals surface area contributed by atoms with Crippen molar-refractivity contribution < 1.29 is 27.5 Å². The molecule has 40 heavy (non-hydrogen) atoms. The Morgan fingerprint density at radius 1 is 0.950 bits per heavy atom. The van der Waals surface area contributed by atoms with E-state index in [1.54, 1.807) is 55.5 Å². The van der Waals surface area contributed by atoms with Crippen LogP contribution in [0.3, 0.4) is 0 Å². The van der Waals surface area contributed by atoms with Gasteiger partial charge in [0.1, 0.15) is 24.1 Å². The van der Waals surface area contributed by atoms with Gasteiger partial charge in [0.25, 0.3) is 10.0 Å². The molecule has 0 saturated carbocycles. The van der Waals surface area contributed by atoms with E-state index < -0.39 is 28.5 Å². The molecule has 11 heteroatoms. The Morgan fingerprint density at radius 2 is 1.60 bits per heavy atom. The van der Waals surface area contributed by atoms with Crippen LogP contribution in [0.25, 0.3) is 0 Å². The zero-order valence-electron chi connectivity index (χ0n) is 23.0. The summed E-state index contributed by atoms with van der Waals surface area (Å²) in [5.41, 5.74) is 0.915. The fourth-order valence-corrected chi connectivity index (χ4v) is 5.54. The molecule has 3 aromatic rings. The van der Waals surface area contributed by atoms with Gasteiger partial charge in [0, 0.05) is 18.1 Å². The molecular weight excluding hydrogens is 554 g/mol. The second-order valence-electron chi connectivity index (χ2n) is 8.97. The molecule has 1 atom stereocenters. The normalized spacial score (nSPS) is 11.8. The highest BCUT2D eigenvalue weighted by molar-refractivity contribution is 7.92. The fraction of sp³-hybridized carbons (Fsp3) is 0.310. The number of anilines is 1. The summed E-state index contributed by atoms with van der Waals surface area (Å²) in [6.45, 7) is 3.49. The fourth-order valence-electron chi connectivity index (χ4n) is 3.99. The second-order valence-corrected chi connectivity index (χ2v) is 11.3. The highest BCUT2D eigenvalue weighted by Crippen LogP contribution is 2.33. The van der Waals surface area contributed by atoms with Crippen molar-refractivity contribution >= 4 is 39.1 Å². The summed E-state index contributed by atoms with van der Waals surface area (Å²) in [4.78, 5) is 28.2. The molecule has 3 rings (SSSR count). The molecule has 0 aromatic heterocycles. The maximum Gasteiger partial charge on any atom is 0.264 e. The maximum atomic E-state index is 14.0. The summed E-state index contributed by atoms with van der Waals surface area (Å²) in [6, 6.07) is 18.4. The van der Waals surface area contributed by atoms with Gasteiger partial charge in [-0.25, -0.2) is 8.42 Å². The molecule has 3 aromatic carbocycles. The minimum absolute atomic E-state index is 0.0370. The first-order chi connectivity index (χ1) is 19.1. The smallest absolute Gasteiger partial charge is 0.264 e. The van der Waals surface area contributed by atoms with Crippen LogP contribution >= 0.6 is 11.6 Å². The van der Waals surface area contributed by atoms with Gasteiger partial charge in [-0.05, 0) is 67.4 Å². The van der Waals surface area contributed by atoms with E-state index in [1.807, 2.05) is 6.92 Å². The van der Waals surface area contributed by atoms with E-state index in [4.69, 9.17) is 21.1 Å². The zero-order valence-corrected chi connectivity index (χ0v) is 24.5. The Labute approximate surface area is 240 Å². The number of para-hydroxylation sites is 2. The lowest BCUT2D eigenvalue weighted by Crippen LogP contribution is -2.51. The molecule has 0 heterocycles. The molecular formula is C29H34ClN3O6S. The van der Waals surface area contributed by atoms with Gasteiger partial charge < -0.3 is 19.7 Å². The van der Waals surface area contributed by atoms with Crippen molar-refractivity contribution in [3.63, 3.8) is 0 Å². The Hall–Kier alpha value is -3.76. The van der Waals surface area contributed by atoms with E-state index in [9.17, 15) is 18.0 Å². The number of carbonyl (C=O) groups is 2. The molecule has 214 valence electrons. The van der Waals surface area contributed by atoms with Crippen molar-refractivity contribution in [1.82, 2.24) is 10.2 Å². The lowest BCUT2D eigenvalue weighted by molar-refractivity contribution is -0.139. The standard InChI is InChI=1S/C29H34ClN3O6S/c1-5-18-31-29(35)21(2)32(19-22-10-12-23(30)13-11-22)28(34)20-33(26-8-6-7-9-27(26)39-4)40(36,37)25-16-14-24(38-3)15-17-25/h6-17,21H,5,18-20H2,1-4H3,(H,31,35). The van der Waals surface area contributed by atoms with Gasteiger partial charge in [-0.2, -0.15) is 0 Å². The van der Waals surface area contributed by atoms with Crippen LogP contribution in [-0.4, -0.2) is 58.5 Å². The van der Waals surface area contributed by atoms with Crippen molar-refractivity contribution in [3.05, 3.63) is 83.4 Å². The maximum absolute atomic E-state index is 14.0. The van der Waals surface area contributed by atoms with E-state index in [1.165, 1.54) is 43.4 Å². The van der Waals surface area contributed by atoms with Crippen molar-refractivity contribution in [3.8, 4) is 11.5 Å². The van der Waals surface area contributed by atoms with Crippen LogP contribution in [0.15, 0.2) is 77.7 Å². The lowest BCUT2D eigenvalue weighted by Gasteiger charge is -2.32. The number of ether oxygens (including phenoxy) is 2. The molecule has 0 aliphatic carbocycles. The van der Waals surface area contributed by atoms with Crippen LogP contribution in [0.2, 0.25) is 5.02 Å². The number of sulfonamides is 1. The zero-order chi connectivity index (χ0) is 29.3. The number of methoxy groups -OCH3 is 2. The van der Waals surface area contributed by atoms with Gasteiger partial charge in [-0.15, -0.1) is 0 Å². The van der Waals surface area contributed by atoms with Crippen LogP contribution in [-0.2, 0) is 26.2 Å². The van der Waals surface area contributed by atoms with Crippen LogP contribution in [0.4, 0.5) is 5.69 Å². The largest absolute Gasteiger partial charge is 0.497 e. The molecule has 0 aliphatic heterocycles. The average Bonchev–Trinajstić information content (AvgIpc) is 2.97. The van der Waals surface area contributed by atoms with E-state index in [0.29, 0.717) is 17.3 Å². The molecule has 0 spiro atoms. The first-order valence-corrected chi connectivity index (χ1v) is 14.6. The average molecular weight is 588 g/mol. The number of amides is 2. The quantitative estimate of drug-likeness (QED) is 0.316. The first kappa shape index (κ1) is 30.8. The number of rotatable bonds is 13. The number of nitrogens with zero attached hydrogens (tertiary/aromatic N) is 2. The van der Waals surface area contributed by atoms with Gasteiger partial charge in [0.15, 0.2) is 0 Å². The molecule has 9 nitrogen and oxygen atoms in total. The topological polar surface area (TPSA) is 105 Å². The molecule has 0 saturated heterocycles. The van der Waals surface area contributed by atoms with Crippen LogP contribution in [0.5, 0.6) is 11.5 Å². The van der Waals surface area contributed by atoms with Gasteiger partial charge in [0.2, 0.25) is 11.8 Å². The molecule has 1 unspecified atom stereocenters. The summed E-state index contributed by atoms with van der Waals surface area (Å²) in [5.74, 6) is -0.159. The minimum atomic E-state index is -4.25. The van der Waals surface area contributed by atoms with E-state index in [2.05, 4.69) is 5.32 Å². The van der Waals surface area contributed by atoms with Gasteiger partial charge in [-0.3, -0.25) is 13.9 Å². The van der Waals surface area contributed by atoms with Gasteiger partial charge in [0.05, 0.1) is 24.8 Å². The van der Waals surface area contributed by atoms with Crippen molar-refractivity contribution in [1.29, 1.82) is 0 Å². The number of carbonyl (C=O) groups excluding carboxylic acids is 2. The molecule has 1 N–H and O–H groups in total. The Balaban J connectivity index is 2.05. The van der Waals surface area contributed by atoms with E-state index in [0.717, 1.165) is 16.3 Å². The van der Waals surface area contributed by atoms with Gasteiger partial charge >= 0.3 is 0 Å². The van der Waals surface area contributed by atoms with Crippen molar-refractivity contribution in [2.24, 2.45) is 0 Å². The summed E-state index contributed by atoms with van der Waals surface area (Å²) >= 11 is 6.04. The molecule has 0 aliphatic rings. The minimum Gasteiger partial charge on any atom is -0.497 e. The number of hydrogen-bond acceptors (Lipinski definition) is 6. The number of benzene rings is 3. The van der Waals surface area contributed by atoms with Crippen molar-refractivity contribution in [2.45, 2.75) is 37.8 Å². The van der Waals surface area contributed by atoms with E-state index >= 15 is 0 Å². The third-order valence-corrected chi connectivity index (χ3v) is 8.29. The predicted octanol–water partition coefficient (Wildman–Crippen LogP) is 4.50. The predicted molar refractivity (Wildman–Crippen MR) is 155 cm³/mol. The number of halogens is 1. The Morgan fingerprint density at radius 3 is 2.20 bits per heavy atom. The van der Waals surface area contributed by atoms with Gasteiger partial charge in [-0.1, -0.05) is 42.8 Å². The Kier molecular flexibility index (Phi) is 10.8. The molecule has 0 radical (unpaired) electrons. The molecule has 2 amide bonds. The highest BCUT2D eigenvalue weighted by Gasteiger charge is 2.33. The second kappa shape index (κ2) is 14.0. The highest BCUT2D eigenvalue weighted by atomic mass is 35.5. The van der Waals surface area contributed by atoms with Crippen LogP contribution in [0, 0.1) is 0 Å². The van der Waals surface area contributed by atoms with E-state index in [-0.39, 0.29) is 28.8 Å². The lowest BCUT2D eigenvalue weighted by atomic mass is 10.1. The SMILES string of the molecule is CCCNC(=O)C(C)N(Cc1ccc(Cl)cc1)C(=O)CN(c1ccccc1OC)S(=O)(=O)c1ccc(OC)cc1. The summed E-state index contributed by atoms with van der Waals surface area (Å²) in [6.07, 6.45) is 0.727. The monoisotopic (exact) mass is 587 g/mol. The van der Waals surface area contributed by atoms with Crippen molar-refractivity contribution in [2.75, 3.05) is 31.6 Å². The third kappa shape index (κ3) is 7.45. The summed E-state index contributed by atoms with van der Waals surface area (Å²) in [7, 11) is -1.34. The number of nitrogens with one attached hydrogen (secondary N) is 1. The molecule has 0 bridgehead atoms. The first-order valence-electron chi connectivity index (χ1n) is 12.7. The third-order valence-electron chi connectivity index (χ3n) is 6.26. The van der Waals surface area contributed by atoms with Crippen LogP contribution < -0.4 is 19.1 Å². The number of hydrogen-bond donors (Lipinski definition) is 1. The van der Waals surface area contributed by atoms with Crippen LogP contribution in [0.1, 0.15) is 25.8 Å². The summed E-state index contributed by atoms with van der Waals surface area (Å²) in [5, 5.41) is 3.35. The molecule has 0 fully saturated rings. The Bertz CT molecular complexity index is 1400. The summed E-state index contributed by atoms with van der Waals surface area (Å²) < 4.78 is 39.5.